The highest BCUT2D eigenvalue weighted by molar-refractivity contribution is 6.33. The molecule has 100 valence electrons. The van der Waals surface area contributed by atoms with E-state index < -0.39 is 0 Å². The van der Waals surface area contributed by atoms with E-state index in [9.17, 15) is 4.79 Å². The van der Waals surface area contributed by atoms with Crippen molar-refractivity contribution in [3.8, 4) is 0 Å². The molecule has 0 bridgehead atoms. The molecule has 0 atom stereocenters. The van der Waals surface area contributed by atoms with Crippen LogP contribution in [0.5, 0.6) is 0 Å². The number of aryl methyl sites for hydroxylation is 2. The lowest BCUT2D eigenvalue weighted by atomic mass is 10.2. The molecule has 7 heteroatoms. The van der Waals surface area contributed by atoms with Gasteiger partial charge in [0.15, 0.2) is 0 Å². The summed E-state index contributed by atoms with van der Waals surface area (Å²) in [7, 11) is 1.83. The van der Waals surface area contributed by atoms with Gasteiger partial charge in [0.05, 0.1) is 10.7 Å². The molecule has 0 saturated heterocycles. The molecule has 3 N–H and O–H groups in total. The van der Waals surface area contributed by atoms with Gasteiger partial charge in [-0.25, -0.2) is 4.98 Å². The van der Waals surface area contributed by atoms with Gasteiger partial charge in [0, 0.05) is 25.4 Å². The van der Waals surface area contributed by atoms with Crippen molar-refractivity contribution in [1.29, 1.82) is 0 Å². The zero-order valence-electron chi connectivity index (χ0n) is 10.6. The fraction of sp³-hybridized carbons (Fsp3) is 0.250. The van der Waals surface area contributed by atoms with Crippen LogP contribution < -0.4 is 11.1 Å². The number of amides is 1. The second kappa shape index (κ2) is 5.27. The number of carbonyl (C=O) groups is 1. The number of nitrogens with one attached hydrogen (secondary N) is 1. The van der Waals surface area contributed by atoms with Crippen molar-refractivity contribution in [2.45, 2.75) is 13.5 Å². The summed E-state index contributed by atoms with van der Waals surface area (Å²) in [6.45, 7) is 2.25. The Morgan fingerprint density at radius 1 is 1.53 bits per heavy atom. The molecule has 6 nitrogen and oxygen atoms in total. The molecule has 0 spiro atoms. The summed E-state index contributed by atoms with van der Waals surface area (Å²) in [5.41, 5.74) is 7.48. The highest BCUT2D eigenvalue weighted by atomic mass is 35.5. The first-order valence-corrected chi connectivity index (χ1v) is 6.04. The Morgan fingerprint density at radius 2 is 2.26 bits per heavy atom. The number of aromatic nitrogens is 3. The van der Waals surface area contributed by atoms with Crippen LogP contribution in [0.25, 0.3) is 0 Å². The zero-order valence-corrected chi connectivity index (χ0v) is 11.4. The molecule has 0 aliphatic heterocycles. The lowest BCUT2D eigenvalue weighted by molar-refractivity contribution is 0.0946. The number of rotatable bonds is 3. The lowest BCUT2D eigenvalue weighted by Gasteiger charge is -2.06. The number of nitrogens with zero attached hydrogens (tertiary/aromatic N) is 3. The summed E-state index contributed by atoms with van der Waals surface area (Å²) < 4.78 is 1.70. The maximum absolute atomic E-state index is 12.0. The molecule has 2 rings (SSSR count). The zero-order chi connectivity index (χ0) is 14.0. The van der Waals surface area contributed by atoms with Crippen molar-refractivity contribution < 1.29 is 4.79 Å². The summed E-state index contributed by atoms with van der Waals surface area (Å²) in [6, 6.07) is 3.10. The van der Waals surface area contributed by atoms with Crippen LogP contribution in [0.2, 0.25) is 5.02 Å². The van der Waals surface area contributed by atoms with Crippen LogP contribution in [-0.2, 0) is 13.6 Å². The van der Waals surface area contributed by atoms with Gasteiger partial charge in [-0.15, -0.1) is 0 Å². The van der Waals surface area contributed by atoms with Gasteiger partial charge in [0.1, 0.15) is 11.5 Å². The molecule has 0 aromatic carbocycles. The number of anilines is 1. The third-order valence-corrected chi connectivity index (χ3v) is 2.94. The second-order valence-corrected chi connectivity index (χ2v) is 4.57. The average Bonchev–Trinajstić information content (AvgIpc) is 2.68. The molecular weight excluding hydrogens is 266 g/mol. The Kier molecular flexibility index (Phi) is 3.71. The number of hydrogen-bond donors (Lipinski definition) is 2. The SMILES string of the molecule is Cc1nn(C)cc1CNC(=O)c1nc(N)ccc1Cl. The van der Waals surface area contributed by atoms with Gasteiger partial charge in [-0.2, -0.15) is 5.10 Å². The van der Waals surface area contributed by atoms with Gasteiger partial charge in [-0.05, 0) is 19.1 Å². The molecule has 1 amide bonds. The van der Waals surface area contributed by atoms with Gasteiger partial charge in [0.2, 0.25) is 0 Å². The fourth-order valence-electron chi connectivity index (χ4n) is 1.70. The quantitative estimate of drug-likeness (QED) is 0.886. The van der Waals surface area contributed by atoms with Crippen molar-refractivity contribution in [2.75, 3.05) is 5.73 Å². The summed E-state index contributed by atoms with van der Waals surface area (Å²) in [4.78, 5) is 15.9. The van der Waals surface area contributed by atoms with E-state index in [1.165, 1.54) is 0 Å². The first kappa shape index (κ1) is 13.4. The molecular formula is C12H14ClN5O. The summed E-state index contributed by atoms with van der Waals surface area (Å²) in [5.74, 6) is -0.104. The Morgan fingerprint density at radius 3 is 2.89 bits per heavy atom. The van der Waals surface area contributed by atoms with Crippen LogP contribution in [0.4, 0.5) is 5.82 Å². The van der Waals surface area contributed by atoms with Crippen LogP contribution in [0, 0.1) is 6.92 Å². The molecule has 19 heavy (non-hydrogen) atoms. The number of nitrogens with two attached hydrogens (primary N) is 1. The van der Waals surface area contributed by atoms with Crippen LogP contribution in [0.15, 0.2) is 18.3 Å². The van der Waals surface area contributed by atoms with Crippen molar-refractivity contribution in [1.82, 2.24) is 20.1 Å². The number of hydrogen-bond acceptors (Lipinski definition) is 4. The lowest BCUT2D eigenvalue weighted by Crippen LogP contribution is -2.24. The maximum atomic E-state index is 12.0. The van der Waals surface area contributed by atoms with E-state index in [0.29, 0.717) is 6.54 Å². The molecule has 0 aliphatic carbocycles. The molecule has 0 fully saturated rings. The Labute approximate surface area is 115 Å². The van der Waals surface area contributed by atoms with E-state index in [2.05, 4.69) is 15.4 Å². The first-order chi connectivity index (χ1) is 8.97. The summed E-state index contributed by atoms with van der Waals surface area (Å²) in [6.07, 6.45) is 1.85. The third kappa shape index (κ3) is 3.03. The average molecular weight is 280 g/mol. The predicted octanol–water partition coefficient (Wildman–Crippen LogP) is 1.29. The topological polar surface area (TPSA) is 85.8 Å². The van der Waals surface area contributed by atoms with Gasteiger partial charge in [0.25, 0.3) is 5.91 Å². The van der Waals surface area contributed by atoms with Crippen molar-refractivity contribution in [2.24, 2.45) is 7.05 Å². The maximum Gasteiger partial charge on any atom is 0.271 e. The minimum absolute atomic E-state index is 0.128. The Bertz CT molecular complexity index is 623. The van der Waals surface area contributed by atoms with Crippen LogP contribution in [-0.4, -0.2) is 20.7 Å². The van der Waals surface area contributed by atoms with Crippen LogP contribution in [0.3, 0.4) is 0 Å². The van der Waals surface area contributed by atoms with E-state index in [4.69, 9.17) is 17.3 Å². The fourth-order valence-corrected chi connectivity index (χ4v) is 1.89. The van der Waals surface area contributed by atoms with E-state index in [-0.39, 0.29) is 22.4 Å². The van der Waals surface area contributed by atoms with Crippen molar-refractivity contribution in [3.05, 3.63) is 40.3 Å². The molecule has 0 radical (unpaired) electrons. The van der Waals surface area contributed by atoms with E-state index in [1.54, 1.807) is 16.8 Å². The Balaban J connectivity index is 2.09. The number of halogens is 1. The minimum Gasteiger partial charge on any atom is -0.384 e. The van der Waals surface area contributed by atoms with Gasteiger partial charge < -0.3 is 11.1 Å². The summed E-state index contributed by atoms with van der Waals surface area (Å²) in [5, 5.41) is 7.21. The highest BCUT2D eigenvalue weighted by Crippen LogP contribution is 2.15. The molecule has 2 aromatic heterocycles. The number of carbonyl (C=O) groups excluding carboxylic acids is 1. The molecule has 0 saturated carbocycles. The smallest absolute Gasteiger partial charge is 0.271 e. The summed E-state index contributed by atoms with van der Waals surface area (Å²) >= 11 is 5.91. The first-order valence-electron chi connectivity index (χ1n) is 5.66. The molecule has 2 heterocycles. The van der Waals surface area contributed by atoms with Gasteiger partial charge in [-0.1, -0.05) is 11.6 Å². The standard InChI is InChI=1S/C12H14ClN5O/c1-7-8(6-18(2)17-7)5-15-12(19)11-9(13)3-4-10(14)16-11/h3-4,6H,5H2,1-2H3,(H2,14,16)(H,15,19). The van der Waals surface area contributed by atoms with Crippen molar-refractivity contribution >= 4 is 23.3 Å². The van der Waals surface area contributed by atoms with Crippen molar-refractivity contribution in [3.63, 3.8) is 0 Å². The predicted molar refractivity (Wildman–Crippen MR) is 72.8 cm³/mol. The minimum atomic E-state index is -0.361. The third-order valence-electron chi connectivity index (χ3n) is 2.64. The number of nitrogen functional groups attached to an aromatic ring is 1. The van der Waals surface area contributed by atoms with Crippen LogP contribution >= 0.6 is 11.6 Å². The van der Waals surface area contributed by atoms with Gasteiger partial charge in [-0.3, -0.25) is 9.48 Å². The normalized spacial score (nSPS) is 10.5. The largest absolute Gasteiger partial charge is 0.384 e. The Hall–Kier alpha value is -2.08. The van der Waals surface area contributed by atoms with E-state index in [1.807, 2.05) is 20.2 Å². The van der Waals surface area contributed by atoms with Gasteiger partial charge >= 0.3 is 0 Å². The van der Waals surface area contributed by atoms with E-state index in [0.717, 1.165) is 11.3 Å². The van der Waals surface area contributed by atoms with E-state index >= 15 is 0 Å². The van der Waals surface area contributed by atoms with Crippen LogP contribution in [0.1, 0.15) is 21.7 Å². The highest BCUT2D eigenvalue weighted by Gasteiger charge is 2.13. The second-order valence-electron chi connectivity index (χ2n) is 4.16. The molecule has 2 aromatic rings. The number of pyridine rings is 1. The monoisotopic (exact) mass is 279 g/mol. The molecule has 0 aliphatic rings. The molecule has 0 unspecified atom stereocenters.